The van der Waals surface area contributed by atoms with E-state index in [4.69, 9.17) is 23.7 Å². The van der Waals surface area contributed by atoms with Crippen LogP contribution in [0.25, 0.3) is 0 Å². The van der Waals surface area contributed by atoms with Crippen LogP contribution in [-0.2, 0) is 42.9 Å². The van der Waals surface area contributed by atoms with E-state index in [1.54, 1.807) is 0 Å². The van der Waals surface area contributed by atoms with E-state index < -0.39 is 67.3 Å². The summed E-state index contributed by atoms with van der Waals surface area (Å²) in [6.45, 7) is 5.94. The number of allylic oxidation sites excluding steroid dienone is 12. The van der Waals surface area contributed by atoms with Crippen LogP contribution in [0.2, 0.25) is 0 Å². The molecular formula is C71H122O12. The maximum atomic E-state index is 13.2. The fourth-order valence-corrected chi connectivity index (χ4v) is 9.99. The summed E-state index contributed by atoms with van der Waals surface area (Å²) in [4.78, 5) is 51.4. The first-order valence-corrected chi connectivity index (χ1v) is 33.9. The Labute approximate surface area is 506 Å². The third-order valence-electron chi connectivity index (χ3n) is 15.2. The number of unbranched alkanes of at least 4 members (excludes halogenated alkanes) is 32. The van der Waals surface area contributed by atoms with Crippen LogP contribution in [0.15, 0.2) is 72.9 Å². The molecule has 3 N–H and O–H groups in total. The third-order valence-corrected chi connectivity index (χ3v) is 15.2. The molecular weight excluding hydrogens is 1040 g/mol. The Kier molecular flexibility index (Phi) is 54.4. The largest absolute Gasteiger partial charge is 0.479 e. The van der Waals surface area contributed by atoms with Gasteiger partial charge in [-0.2, -0.15) is 0 Å². The van der Waals surface area contributed by atoms with Crippen molar-refractivity contribution in [3.63, 3.8) is 0 Å². The molecule has 0 bridgehead atoms. The van der Waals surface area contributed by atoms with Crippen LogP contribution >= 0.6 is 0 Å². The Hall–Kier alpha value is -3.84. The monoisotopic (exact) mass is 1170 g/mol. The van der Waals surface area contributed by atoms with Crippen molar-refractivity contribution in [1.82, 2.24) is 0 Å². The number of rotatable bonds is 58. The lowest BCUT2D eigenvalue weighted by molar-refractivity contribution is -0.301. The zero-order chi connectivity index (χ0) is 60.3. The van der Waals surface area contributed by atoms with Gasteiger partial charge in [0.05, 0.1) is 6.61 Å². The number of hydrogen-bond acceptors (Lipinski definition) is 11. The van der Waals surface area contributed by atoms with E-state index in [2.05, 4.69) is 93.7 Å². The molecule has 1 saturated heterocycles. The van der Waals surface area contributed by atoms with Gasteiger partial charge in [0.15, 0.2) is 24.6 Å². The van der Waals surface area contributed by atoms with Gasteiger partial charge >= 0.3 is 23.9 Å². The van der Waals surface area contributed by atoms with E-state index in [1.165, 1.54) is 128 Å². The van der Waals surface area contributed by atoms with Crippen molar-refractivity contribution in [3.05, 3.63) is 72.9 Å². The van der Waals surface area contributed by atoms with Crippen molar-refractivity contribution in [2.75, 3.05) is 13.2 Å². The Morgan fingerprint density at radius 3 is 1.08 bits per heavy atom. The molecule has 0 aromatic carbocycles. The molecule has 1 aliphatic rings. The Balaban J connectivity index is 2.64. The van der Waals surface area contributed by atoms with E-state index >= 15 is 0 Å². The highest BCUT2D eigenvalue weighted by Gasteiger charge is 2.50. The molecule has 1 heterocycles. The number of aliphatic carboxylic acids is 1. The summed E-state index contributed by atoms with van der Waals surface area (Å²) in [7, 11) is 0. The summed E-state index contributed by atoms with van der Waals surface area (Å²) in [5, 5.41) is 31.6. The van der Waals surface area contributed by atoms with E-state index in [0.29, 0.717) is 19.3 Å². The Bertz CT molecular complexity index is 1720. The number of carboxylic acids is 1. The zero-order valence-corrected chi connectivity index (χ0v) is 52.9. The minimum absolute atomic E-state index is 0.0527. The highest BCUT2D eigenvalue weighted by atomic mass is 16.7. The molecule has 6 atom stereocenters. The highest BCUT2D eigenvalue weighted by molar-refractivity contribution is 5.74. The van der Waals surface area contributed by atoms with Gasteiger partial charge in [-0.3, -0.25) is 14.4 Å². The van der Waals surface area contributed by atoms with Gasteiger partial charge in [-0.25, -0.2) is 4.79 Å². The molecule has 0 aromatic heterocycles. The first-order valence-electron chi connectivity index (χ1n) is 33.9. The van der Waals surface area contributed by atoms with Crippen molar-refractivity contribution in [3.8, 4) is 0 Å². The van der Waals surface area contributed by atoms with Gasteiger partial charge in [-0.05, 0) is 116 Å². The van der Waals surface area contributed by atoms with Crippen LogP contribution in [0.1, 0.15) is 303 Å². The topological polar surface area (TPSA) is 175 Å². The summed E-state index contributed by atoms with van der Waals surface area (Å²) in [6, 6.07) is 0. The first kappa shape index (κ1) is 77.2. The second-order valence-corrected chi connectivity index (χ2v) is 23.1. The number of aliphatic hydroxyl groups is 2. The smallest absolute Gasteiger partial charge is 0.335 e. The summed E-state index contributed by atoms with van der Waals surface area (Å²) < 4.78 is 28.6. The van der Waals surface area contributed by atoms with E-state index in [0.717, 1.165) is 116 Å². The molecule has 0 radical (unpaired) electrons. The molecule has 1 rings (SSSR count). The Morgan fingerprint density at radius 1 is 0.398 bits per heavy atom. The predicted octanol–water partition coefficient (Wildman–Crippen LogP) is 18.5. The fraction of sp³-hybridized carbons (Fsp3) is 0.775. The van der Waals surface area contributed by atoms with Crippen molar-refractivity contribution >= 4 is 23.9 Å². The van der Waals surface area contributed by atoms with Gasteiger partial charge in [-0.1, -0.05) is 241 Å². The molecule has 83 heavy (non-hydrogen) atoms. The summed E-state index contributed by atoms with van der Waals surface area (Å²) >= 11 is 0. The average molecular weight is 1170 g/mol. The standard InChI is InChI=1S/C71H122O12/c1-4-7-10-13-16-19-22-25-28-30-32-34-37-39-42-45-48-51-54-57-63(72)79-60-62(81-64(73)58-55-52-49-46-43-40-36-27-24-21-18-15-12-9-6-3)61-80-71-69(67(76)66(75)68(83-71)70(77)78)82-65(74)59-56-53-50-47-44-41-38-35-33-31-29-26-23-20-17-14-11-8-5-2/h16-21,25-29,36,62,66-69,71,75-76H,4-15,22-24,30-35,37-61H2,1-3H3,(H,77,78)/b19-16-,20-17-,21-18-,28-25-,29-26-,36-27-. The second-order valence-electron chi connectivity index (χ2n) is 23.1. The number of hydrogen-bond donors (Lipinski definition) is 3. The van der Waals surface area contributed by atoms with Crippen LogP contribution < -0.4 is 0 Å². The van der Waals surface area contributed by atoms with Gasteiger partial charge in [0, 0.05) is 19.3 Å². The molecule has 478 valence electrons. The lowest BCUT2D eigenvalue weighted by Gasteiger charge is -2.40. The Morgan fingerprint density at radius 2 is 0.723 bits per heavy atom. The first-order chi connectivity index (χ1) is 40.6. The lowest BCUT2D eigenvalue weighted by atomic mass is 9.98. The van der Waals surface area contributed by atoms with Gasteiger partial charge in [0.25, 0.3) is 0 Å². The number of carbonyl (C=O) groups excluding carboxylic acids is 3. The highest BCUT2D eigenvalue weighted by Crippen LogP contribution is 2.27. The maximum Gasteiger partial charge on any atom is 0.335 e. The van der Waals surface area contributed by atoms with E-state index in [9.17, 15) is 34.5 Å². The summed E-state index contributed by atoms with van der Waals surface area (Å²) in [5.41, 5.74) is 0. The molecule has 0 spiro atoms. The number of carboxylic acid groups (broad SMARTS) is 1. The van der Waals surface area contributed by atoms with Gasteiger partial charge in [0.1, 0.15) is 18.8 Å². The van der Waals surface area contributed by atoms with Crippen molar-refractivity contribution in [2.45, 2.75) is 340 Å². The third kappa shape index (κ3) is 48.0. The molecule has 0 saturated carbocycles. The lowest BCUT2D eigenvalue weighted by Crippen LogP contribution is -2.61. The molecule has 12 heteroatoms. The van der Waals surface area contributed by atoms with Gasteiger partial charge in [0.2, 0.25) is 0 Å². The van der Waals surface area contributed by atoms with Crippen LogP contribution in [-0.4, -0.2) is 89.2 Å². The van der Waals surface area contributed by atoms with Crippen LogP contribution in [0.5, 0.6) is 0 Å². The predicted molar refractivity (Wildman–Crippen MR) is 340 cm³/mol. The van der Waals surface area contributed by atoms with Crippen molar-refractivity contribution in [2.24, 2.45) is 0 Å². The minimum atomic E-state index is -1.91. The van der Waals surface area contributed by atoms with Crippen LogP contribution in [0, 0.1) is 0 Å². The second kappa shape index (κ2) is 58.5. The summed E-state index contributed by atoms with van der Waals surface area (Å²) in [5.74, 6) is -3.13. The number of aliphatic hydroxyl groups excluding tert-OH is 2. The van der Waals surface area contributed by atoms with E-state index in [1.807, 2.05) is 0 Å². The van der Waals surface area contributed by atoms with Crippen LogP contribution in [0.4, 0.5) is 0 Å². The van der Waals surface area contributed by atoms with Gasteiger partial charge in [-0.15, -0.1) is 0 Å². The molecule has 0 aliphatic carbocycles. The minimum Gasteiger partial charge on any atom is -0.479 e. The molecule has 1 fully saturated rings. The van der Waals surface area contributed by atoms with Gasteiger partial charge < -0.3 is 39.0 Å². The average Bonchev–Trinajstić information content (AvgIpc) is 3.57. The van der Waals surface area contributed by atoms with E-state index in [-0.39, 0.29) is 25.9 Å². The number of carbonyl (C=O) groups is 4. The molecule has 0 aromatic rings. The summed E-state index contributed by atoms with van der Waals surface area (Å²) in [6.07, 6.45) is 62.7. The SMILES string of the molecule is CCCCC/C=C\C/C=C\CCCCCCCCCCCC(=O)OCC(COC1OC(C(=O)O)C(O)C(O)C1OC(=O)CCCCCCCCCCC/C=C\C/C=C\CCCCC)OC(=O)CCCCCCC/C=C\C/C=C\CCCCC. The molecule has 1 aliphatic heterocycles. The molecule has 6 unspecified atom stereocenters. The molecule has 0 amide bonds. The quantitative estimate of drug-likeness (QED) is 0.0228. The van der Waals surface area contributed by atoms with Crippen molar-refractivity contribution < 1.29 is 58.2 Å². The molecule has 12 nitrogen and oxygen atoms in total. The fourth-order valence-electron chi connectivity index (χ4n) is 9.99. The van der Waals surface area contributed by atoms with Crippen LogP contribution in [0.3, 0.4) is 0 Å². The zero-order valence-electron chi connectivity index (χ0n) is 52.9. The van der Waals surface area contributed by atoms with Crippen molar-refractivity contribution in [1.29, 1.82) is 0 Å². The number of esters is 3. The maximum absolute atomic E-state index is 13.2. The number of ether oxygens (including phenoxy) is 5. The normalized spacial score (nSPS) is 18.0.